The molecule has 0 unspecified atom stereocenters. The highest BCUT2D eigenvalue weighted by atomic mass is 19.4. The van der Waals surface area contributed by atoms with E-state index in [1.165, 1.54) is 6.92 Å². The lowest BCUT2D eigenvalue weighted by molar-refractivity contribution is -0.143. The molecule has 2 aromatic rings. The van der Waals surface area contributed by atoms with E-state index in [-0.39, 0.29) is 18.0 Å². The summed E-state index contributed by atoms with van der Waals surface area (Å²) in [5, 5.41) is 3.36. The Kier molecular flexibility index (Phi) is 5.09. The summed E-state index contributed by atoms with van der Waals surface area (Å²) in [6.45, 7) is 1.57. The molecule has 0 aliphatic heterocycles. The van der Waals surface area contributed by atoms with Crippen LogP contribution in [0.2, 0.25) is 0 Å². The summed E-state index contributed by atoms with van der Waals surface area (Å²) < 4.78 is 81.8. The van der Waals surface area contributed by atoms with Gasteiger partial charge in [-0.1, -0.05) is 0 Å². The normalized spacial score (nSPS) is 12.3. The Hall–Kier alpha value is -2.52. The number of carbonyl (C=O) groups excluding carboxylic acids is 1. The molecule has 25 heavy (non-hydrogen) atoms. The summed E-state index contributed by atoms with van der Waals surface area (Å²) in [6.07, 6.45) is -9.84. The van der Waals surface area contributed by atoms with Crippen LogP contribution in [0.25, 0.3) is 5.69 Å². The summed E-state index contributed by atoms with van der Waals surface area (Å²) in [6, 6.07) is 4.06. The first kappa shape index (κ1) is 18.8. The number of hydrogen-bond donors (Lipinski definition) is 0. The van der Waals surface area contributed by atoms with Gasteiger partial charge in [-0.05, 0) is 37.3 Å². The number of aromatic nitrogens is 2. The van der Waals surface area contributed by atoms with E-state index >= 15 is 0 Å². The van der Waals surface area contributed by atoms with Crippen LogP contribution in [0.1, 0.15) is 23.9 Å². The zero-order valence-corrected chi connectivity index (χ0v) is 12.8. The molecule has 1 heterocycles. The van der Waals surface area contributed by atoms with E-state index in [9.17, 15) is 31.1 Å². The van der Waals surface area contributed by atoms with Gasteiger partial charge in [0, 0.05) is 0 Å². The lowest BCUT2D eigenvalue weighted by atomic mass is 10.2. The van der Waals surface area contributed by atoms with Gasteiger partial charge < -0.3 is 4.74 Å². The van der Waals surface area contributed by atoms with Crippen LogP contribution in [0.15, 0.2) is 30.3 Å². The molecule has 4 nitrogen and oxygen atoms in total. The highest BCUT2D eigenvalue weighted by Gasteiger charge is 2.35. The van der Waals surface area contributed by atoms with Crippen molar-refractivity contribution >= 4 is 5.97 Å². The van der Waals surface area contributed by atoms with Gasteiger partial charge in [-0.3, -0.25) is 4.79 Å². The van der Waals surface area contributed by atoms with Crippen LogP contribution in [-0.2, 0) is 28.3 Å². The molecule has 10 heteroatoms. The standard InChI is InChI=1S/C15H12F6N2O2/c1-2-25-13(24)8-11-7-12(15(19,20)21)22-23(11)10-5-3-9(4-6-10)14(16,17)18/h3-7H,2,8H2,1H3. The Morgan fingerprint density at radius 3 is 2.16 bits per heavy atom. The fraction of sp³-hybridized carbons (Fsp3) is 0.333. The summed E-state index contributed by atoms with van der Waals surface area (Å²) in [4.78, 5) is 11.5. The van der Waals surface area contributed by atoms with E-state index in [1.807, 2.05) is 0 Å². The van der Waals surface area contributed by atoms with Crippen LogP contribution in [0, 0.1) is 0 Å². The van der Waals surface area contributed by atoms with Gasteiger partial charge in [-0.25, -0.2) is 4.68 Å². The average Bonchev–Trinajstić information content (AvgIpc) is 2.90. The number of esters is 1. The maximum Gasteiger partial charge on any atom is 0.435 e. The van der Waals surface area contributed by atoms with Crippen LogP contribution >= 0.6 is 0 Å². The second-order valence-electron chi connectivity index (χ2n) is 4.96. The molecule has 1 aromatic heterocycles. The first-order valence-corrected chi connectivity index (χ1v) is 7.01. The van der Waals surface area contributed by atoms with Crippen molar-refractivity contribution in [3.63, 3.8) is 0 Å². The molecule has 0 aliphatic rings. The predicted molar refractivity (Wildman–Crippen MR) is 73.9 cm³/mol. The molecule has 1 aromatic carbocycles. The SMILES string of the molecule is CCOC(=O)Cc1cc(C(F)(F)F)nn1-c1ccc(C(F)(F)F)cc1. The first-order valence-electron chi connectivity index (χ1n) is 7.01. The van der Waals surface area contributed by atoms with Gasteiger partial charge in [0.2, 0.25) is 0 Å². The van der Waals surface area contributed by atoms with Crippen LogP contribution in [0.3, 0.4) is 0 Å². The van der Waals surface area contributed by atoms with Crippen molar-refractivity contribution in [2.45, 2.75) is 25.7 Å². The van der Waals surface area contributed by atoms with Gasteiger partial charge >= 0.3 is 18.3 Å². The van der Waals surface area contributed by atoms with E-state index in [4.69, 9.17) is 0 Å². The maximum atomic E-state index is 12.9. The minimum atomic E-state index is -4.76. The smallest absolute Gasteiger partial charge is 0.435 e. The average molecular weight is 366 g/mol. The third-order valence-corrected chi connectivity index (χ3v) is 3.14. The third-order valence-electron chi connectivity index (χ3n) is 3.14. The van der Waals surface area contributed by atoms with Gasteiger partial charge in [-0.2, -0.15) is 31.4 Å². The number of halogens is 6. The van der Waals surface area contributed by atoms with E-state index in [0.29, 0.717) is 6.07 Å². The lowest BCUT2D eigenvalue weighted by Gasteiger charge is -2.10. The number of rotatable bonds is 4. The molecule has 0 amide bonds. The highest BCUT2D eigenvalue weighted by Crippen LogP contribution is 2.32. The number of ether oxygens (including phenoxy) is 1. The Balaban J connectivity index is 2.44. The first-order chi connectivity index (χ1) is 11.5. The van der Waals surface area contributed by atoms with Crippen molar-refractivity contribution in [3.8, 4) is 5.69 Å². The minimum Gasteiger partial charge on any atom is -0.466 e. The molecule has 0 radical (unpaired) electrons. The van der Waals surface area contributed by atoms with Gasteiger partial charge in [-0.15, -0.1) is 0 Å². The molecule has 0 aliphatic carbocycles. The molecule has 0 bridgehead atoms. The predicted octanol–water partition coefficient (Wildman–Crippen LogP) is 4.02. The van der Waals surface area contributed by atoms with Crippen LogP contribution in [0.5, 0.6) is 0 Å². The van der Waals surface area contributed by atoms with E-state index in [1.54, 1.807) is 0 Å². The molecule has 0 N–H and O–H groups in total. The topological polar surface area (TPSA) is 44.1 Å². The fourth-order valence-corrected chi connectivity index (χ4v) is 2.06. The zero-order chi connectivity index (χ0) is 18.8. The van der Waals surface area contributed by atoms with Crippen LogP contribution in [-0.4, -0.2) is 22.4 Å². The highest BCUT2D eigenvalue weighted by molar-refractivity contribution is 5.72. The Labute approximate surface area is 138 Å². The van der Waals surface area contributed by atoms with Gasteiger partial charge in [0.25, 0.3) is 0 Å². The summed E-state index contributed by atoms with van der Waals surface area (Å²) >= 11 is 0. The fourth-order valence-electron chi connectivity index (χ4n) is 2.06. The minimum absolute atomic E-state index is 0.0391. The lowest BCUT2D eigenvalue weighted by Crippen LogP contribution is -2.12. The van der Waals surface area contributed by atoms with Crippen molar-refractivity contribution in [2.75, 3.05) is 6.61 Å². The zero-order valence-electron chi connectivity index (χ0n) is 12.8. The van der Waals surface area contributed by atoms with Crippen molar-refractivity contribution in [3.05, 3.63) is 47.3 Å². The van der Waals surface area contributed by atoms with Crippen molar-refractivity contribution in [2.24, 2.45) is 0 Å². The number of hydrogen-bond acceptors (Lipinski definition) is 3. The Morgan fingerprint density at radius 1 is 1.08 bits per heavy atom. The number of alkyl halides is 6. The number of nitrogens with zero attached hydrogens (tertiary/aromatic N) is 2. The van der Waals surface area contributed by atoms with Crippen molar-refractivity contribution < 1.29 is 35.9 Å². The molecular weight excluding hydrogens is 354 g/mol. The van der Waals surface area contributed by atoms with E-state index in [2.05, 4.69) is 9.84 Å². The third kappa shape index (κ3) is 4.52. The molecule has 0 saturated heterocycles. The Morgan fingerprint density at radius 2 is 1.68 bits per heavy atom. The van der Waals surface area contributed by atoms with E-state index < -0.39 is 36.0 Å². The Bertz CT molecular complexity index is 747. The summed E-state index contributed by atoms with van der Waals surface area (Å²) in [5.74, 6) is -0.774. The van der Waals surface area contributed by atoms with Gasteiger partial charge in [0.1, 0.15) is 0 Å². The van der Waals surface area contributed by atoms with Crippen LogP contribution < -0.4 is 0 Å². The largest absolute Gasteiger partial charge is 0.466 e. The second kappa shape index (κ2) is 6.77. The molecule has 2 rings (SSSR count). The second-order valence-corrected chi connectivity index (χ2v) is 4.96. The van der Waals surface area contributed by atoms with Crippen LogP contribution in [0.4, 0.5) is 26.3 Å². The molecule has 0 atom stereocenters. The molecule has 136 valence electrons. The molecule has 0 spiro atoms. The quantitative estimate of drug-likeness (QED) is 0.607. The van der Waals surface area contributed by atoms with E-state index in [0.717, 1.165) is 28.9 Å². The van der Waals surface area contributed by atoms with Crippen molar-refractivity contribution in [1.82, 2.24) is 9.78 Å². The number of carbonyl (C=O) groups is 1. The summed E-state index contributed by atoms with van der Waals surface area (Å²) in [7, 11) is 0. The van der Waals surface area contributed by atoms with Crippen molar-refractivity contribution in [1.29, 1.82) is 0 Å². The maximum absolute atomic E-state index is 12.9. The monoisotopic (exact) mass is 366 g/mol. The summed E-state index contributed by atoms with van der Waals surface area (Å²) in [5.41, 5.74) is -2.40. The molecule has 0 saturated carbocycles. The van der Waals surface area contributed by atoms with Gasteiger partial charge in [0.05, 0.1) is 30.0 Å². The van der Waals surface area contributed by atoms with Gasteiger partial charge in [0.15, 0.2) is 5.69 Å². The molecular formula is C15H12F6N2O2. The molecule has 0 fully saturated rings. The number of benzene rings is 1.